The van der Waals surface area contributed by atoms with Gasteiger partial charge in [0.25, 0.3) is 5.91 Å². The van der Waals surface area contributed by atoms with Gasteiger partial charge < -0.3 is 9.73 Å². The van der Waals surface area contributed by atoms with Gasteiger partial charge in [0.15, 0.2) is 6.39 Å². The minimum atomic E-state index is -0.227. The standard InChI is InChI=1S/C19H18N2O2/c22-19(20-13-7-10-15-8-3-1-4-9-15)18-17(21-14-23-18)16-11-5-2-6-12-16/h1-6,8-9,11-12,14H,7,10,13H2,(H,20,22). The zero-order chi connectivity index (χ0) is 15.9. The summed E-state index contributed by atoms with van der Waals surface area (Å²) in [7, 11) is 0. The minimum Gasteiger partial charge on any atom is -0.438 e. The Balaban J connectivity index is 1.56. The normalized spacial score (nSPS) is 10.4. The van der Waals surface area contributed by atoms with Crippen LogP contribution in [-0.4, -0.2) is 17.4 Å². The number of hydrogen-bond donors (Lipinski definition) is 1. The fraction of sp³-hybridized carbons (Fsp3) is 0.158. The number of nitrogens with zero attached hydrogens (tertiary/aromatic N) is 1. The Morgan fingerprint density at radius 1 is 1.00 bits per heavy atom. The number of aryl methyl sites for hydroxylation is 1. The smallest absolute Gasteiger partial charge is 0.289 e. The quantitative estimate of drug-likeness (QED) is 0.706. The molecule has 4 nitrogen and oxygen atoms in total. The minimum absolute atomic E-state index is 0.227. The van der Waals surface area contributed by atoms with Crippen LogP contribution in [-0.2, 0) is 6.42 Å². The van der Waals surface area contributed by atoms with Crippen LogP contribution in [0.5, 0.6) is 0 Å². The van der Waals surface area contributed by atoms with E-state index in [9.17, 15) is 4.79 Å². The Labute approximate surface area is 135 Å². The largest absolute Gasteiger partial charge is 0.438 e. The molecule has 0 spiro atoms. The molecule has 3 aromatic rings. The van der Waals surface area contributed by atoms with Gasteiger partial charge in [0.05, 0.1) is 0 Å². The number of benzene rings is 2. The first-order valence-corrected chi connectivity index (χ1v) is 7.65. The van der Waals surface area contributed by atoms with E-state index in [1.807, 2.05) is 48.5 Å². The maximum Gasteiger partial charge on any atom is 0.289 e. The lowest BCUT2D eigenvalue weighted by Gasteiger charge is -2.05. The van der Waals surface area contributed by atoms with Gasteiger partial charge in [-0.05, 0) is 18.4 Å². The van der Waals surface area contributed by atoms with Gasteiger partial charge in [-0.3, -0.25) is 4.79 Å². The highest BCUT2D eigenvalue weighted by atomic mass is 16.3. The first-order valence-electron chi connectivity index (χ1n) is 7.65. The Bertz CT molecular complexity index is 751. The highest BCUT2D eigenvalue weighted by Gasteiger charge is 2.17. The van der Waals surface area contributed by atoms with Crippen molar-refractivity contribution in [1.82, 2.24) is 10.3 Å². The highest BCUT2D eigenvalue weighted by molar-refractivity contribution is 5.97. The van der Waals surface area contributed by atoms with E-state index in [0.717, 1.165) is 18.4 Å². The molecular formula is C19H18N2O2. The molecule has 3 rings (SSSR count). The molecule has 0 aliphatic heterocycles. The molecule has 0 saturated carbocycles. The molecular weight excluding hydrogens is 288 g/mol. The summed E-state index contributed by atoms with van der Waals surface area (Å²) >= 11 is 0. The second-order valence-corrected chi connectivity index (χ2v) is 5.24. The van der Waals surface area contributed by atoms with Crippen molar-refractivity contribution in [3.05, 3.63) is 78.4 Å². The monoisotopic (exact) mass is 306 g/mol. The molecule has 0 atom stereocenters. The van der Waals surface area contributed by atoms with Crippen LogP contribution in [0.25, 0.3) is 11.3 Å². The summed E-state index contributed by atoms with van der Waals surface area (Å²) in [6.45, 7) is 0.600. The maximum atomic E-state index is 12.3. The molecule has 0 saturated heterocycles. The third-order valence-electron chi connectivity index (χ3n) is 3.59. The molecule has 0 aliphatic carbocycles. The second-order valence-electron chi connectivity index (χ2n) is 5.24. The molecule has 23 heavy (non-hydrogen) atoms. The molecule has 0 fully saturated rings. The number of carbonyl (C=O) groups excluding carboxylic acids is 1. The Hall–Kier alpha value is -2.88. The maximum absolute atomic E-state index is 12.3. The molecule has 0 bridgehead atoms. The van der Waals surface area contributed by atoms with Gasteiger partial charge in [0.1, 0.15) is 5.69 Å². The molecule has 0 aliphatic rings. The van der Waals surface area contributed by atoms with E-state index in [1.54, 1.807) is 0 Å². The third-order valence-corrected chi connectivity index (χ3v) is 3.59. The average molecular weight is 306 g/mol. The van der Waals surface area contributed by atoms with E-state index in [0.29, 0.717) is 12.2 Å². The zero-order valence-corrected chi connectivity index (χ0v) is 12.7. The molecule has 0 radical (unpaired) electrons. The highest BCUT2D eigenvalue weighted by Crippen LogP contribution is 2.21. The van der Waals surface area contributed by atoms with Crippen molar-refractivity contribution in [3.63, 3.8) is 0 Å². The lowest BCUT2D eigenvalue weighted by molar-refractivity contribution is 0.0926. The van der Waals surface area contributed by atoms with E-state index >= 15 is 0 Å². The van der Waals surface area contributed by atoms with Crippen LogP contribution in [0.2, 0.25) is 0 Å². The van der Waals surface area contributed by atoms with Gasteiger partial charge in [0.2, 0.25) is 5.76 Å². The average Bonchev–Trinajstić information content (AvgIpc) is 3.10. The van der Waals surface area contributed by atoms with E-state index < -0.39 is 0 Å². The fourth-order valence-electron chi connectivity index (χ4n) is 2.43. The van der Waals surface area contributed by atoms with Crippen molar-refractivity contribution in [2.24, 2.45) is 0 Å². The summed E-state index contributed by atoms with van der Waals surface area (Å²) in [4.78, 5) is 16.4. The fourth-order valence-corrected chi connectivity index (χ4v) is 2.43. The van der Waals surface area contributed by atoms with Crippen LogP contribution in [0.4, 0.5) is 0 Å². The Morgan fingerprint density at radius 2 is 1.70 bits per heavy atom. The number of hydrogen-bond acceptors (Lipinski definition) is 3. The molecule has 2 aromatic carbocycles. The van der Waals surface area contributed by atoms with Crippen LogP contribution in [0.15, 0.2) is 71.5 Å². The van der Waals surface area contributed by atoms with Crippen molar-refractivity contribution in [2.45, 2.75) is 12.8 Å². The number of oxazole rings is 1. The first kappa shape index (κ1) is 15.0. The van der Waals surface area contributed by atoms with Crippen molar-refractivity contribution in [1.29, 1.82) is 0 Å². The van der Waals surface area contributed by atoms with Crippen molar-refractivity contribution in [2.75, 3.05) is 6.54 Å². The summed E-state index contributed by atoms with van der Waals surface area (Å²) < 4.78 is 5.27. The number of rotatable bonds is 6. The van der Waals surface area contributed by atoms with E-state index in [1.165, 1.54) is 12.0 Å². The van der Waals surface area contributed by atoms with Crippen molar-refractivity contribution in [3.8, 4) is 11.3 Å². The topological polar surface area (TPSA) is 55.1 Å². The van der Waals surface area contributed by atoms with Gasteiger partial charge >= 0.3 is 0 Å². The van der Waals surface area contributed by atoms with Crippen LogP contribution in [0, 0.1) is 0 Å². The Morgan fingerprint density at radius 3 is 2.43 bits per heavy atom. The summed E-state index contributed by atoms with van der Waals surface area (Å²) in [5, 5.41) is 2.89. The number of aromatic nitrogens is 1. The third kappa shape index (κ3) is 3.86. The first-order chi connectivity index (χ1) is 11.3. The molecule has 1 aromatic heterocycles. The van der Waals surface area contributed by atoms with E-state index in [2.05, 4.69) is 22.4 Å². The lowest BCUT2D eigenvalue weighted by atomic mass is 10.1. The van der Waals surface area contributed by atoms with Gasteiger partial charge in [-0.15, -0.1) is 0 Å². The van der Waals surface area contributed by atoms with Crippen LogP contribution in [0.3, 0.4) is 0 Å². The van der Waals surface area contributed by atoms with Gasteiger partial charge in [-0.2, -0.15) is 0 Å². The zero-order valence-electron chi connectivity index (χ0n) is 12.7. The number of carbonyl (C=O) groups is 1. The molecule has 4 heteroatoms. The predicted octanol–water partition coefficient (Wildman–Crippen LogP) is 3.70. The summed E-state index contributed by atoms with van der Waals surface area (Å²) in [6.07, 6.45) is 3.12. The molecule has 1 N–H and O–H groups in total. The summed E-state index contributed by atoms with van der Waals surface area (Å²) in [6, 6.07) is 19.8. The summed E-state index contributed by atoms with van der Waals surface area (Å²) in [5.74, 6) is 0.0327. The summed E-state index contributed by atoms with van der Waals surface area (Å²) in [5.41, 5.74) is 2.72. The molecule has 116 valence electrons. The van der Waals surface area contributed by atoms with E-state index in [-0.39, 0.29) is 11.7 Å². The molecule has 1 heterocycles. The van der Waals surface area contributed by atoms with Crippen molar-refractivity contribution < 1.29 is 9.21 Å². The molecule has 1 amide bonds. The van der Waals surface area contributed by atoms with Crippen LogP contribution < -0.4 is 5.32 Å². The van der Waals surface area contributed by atoms with Crippen molar-refractivity contribution >= 4 is 5.91 Å². The Kier molecular flexibility index (Phi) is 4.84. The second kappa shape index (κ2) is 7.40. The molecule has 0 unspecified atom stereocenters. The SMILES string of the molecule is O=C(NCCCc1ccccc1)c1ocnc1-c1ccccc1. The van der Waals surface area contributed by atoms with E-state index in [4.69, 9.17) is 4.42 Å². The lowest BCUT2D eigenvalue weighted by Crippen LogP contribution is -2.24. The van der Waals surface area contributed by atoms with Crippen LogP contribution in [0.1, 0.15) is 22.5 Å². The van der Waals surface area contributed by atoms with Gasteiger partial charge in [0, 0.05) is 12.1 Å². The van der Waals surface area contributed by atoms with Crippen LogP contribution >= 0.6 is 0 Å². The van der Waals surface area contributed by atoms with Gasteiger partial charge in [-0.1, -0.05) is 60.7 Å². The number of nitrogens with one attached hydrogen (secondary N) is 1. The predicted molar refractivity (Wildman–Crippen MR) is 89.0 cm³/mol. The number of amides is 1. The van der Waals surface area contributed by atoms with Gasteiger partial charge in [-0.25, -0.2) is 4.98 Å².